The van der Waals surface area contributed by atoms with Crippen LogP contribution < -0.4 is 5.32 Å². The van der Waals surface area contributed by atoms with Gasteiger partial charge in [0.1, 0.15) is 11.9 Å². The number of aliphatic hydroxyl groups excluding tert-OH is 2. The number of hydrogen-bond acceptors (Lipinski definition) is 8. The molecular weight excluding hydrogens is 527 g/mol. The minimum absolute atomic E-state index is 0.228. The number of epoxide rings is 1. The summed E-state index contributed by atoms with van der Waals surface area (Å²) < 4.78 is 11.6. The number of Topliss-reactive ketones (excluding diaryl/α,β-unsaturated/α-hetero) is 1. The molecule has 2 saturated heterocycles. The Morgan fingerprint density at radius 2 is 2.00 bits per heavy atom. The van der Waals surface area contributed by atoms with Crippen LogP contribution in [0.4, 0.5) is 0 Å². The molecule has 0 unspecified atom stereocenters. The summed E-state index contributed by atoms with van der Waals surface area (Å²) in [5.74, 6) is -1.42. The van der Waals surface area contributed by atoms with E-state index in [4.69, 9.17) is 32.7 Å². The zero-order valence-corrected chi connectivity index (χ0v) is 23.0. The predicted molar refractivity (Wildman–Crippen MR) is 138 cm³/mol. The quantitative estimate of drug-likeness (QED) is 0.373. The molecule has 1 aliphatic carbocycles. The van der Waals surface area contributed by atoms with Gasteiger partial charge in [0.15, 0.2) is 5.06 Å². The summed E-state index contributed by atoms with van der Waals surface area (Å²) in [6.45, 7) is 5.48. The fraction of sp³-hybridized carbons (Fsp3) is 0.720. The van der Waals surface area contributed by atoms with Gasteiger partial charge in [0.05, 0.1) is 53.5 Å². The molecular formula is C25H34Cl2N2O6S. The van der Waals surface area contributed by atoms with Crippen molar-refractivity contribution in [1.29, 1.82) is 0 Å². The number of aliphatic hydroxyl groups is 2. The average Bonchev–Trinajstić information content (AvgIpc) is 3.22. The first kappa shape index (κ1) is 28.0. The zero-order valence-electron chi connectivity index (χ0n) is 20.7. The molecule has 1 aromatic heterocycles. The van der Waals surface area contributed by atoms with Crippen LogP contribution in [0.15, 0.2) is 10.4 Å². The van der Waals surface area contributed by atoms with Crippen LogP contribution in [0.25, 0.3) is 6.08 Å². The molecule has 200 valence electrons. The number of fused-ring (bicyclic) bond motifs is 1. The number of rotatable bonds is 2. The molecule has 1 saturated carbocycles. The number of halogens is 2. The second-order valence-corrected chi connectivity index (χ2v) is 12.4. The molecule has 11 heteroatoms. The largest absolute Gasteiger partial charge is 0.392 e. The number of thiazole rings is 1. The molecule has 1 aromatic rings. The van der Waals surface area contributed by atoms with Gasteiger partial charge in [0, 0.05) is 29.2 Å². The van der Waals surface area contributed by atoms with E-state index in [0.717, 1.165) is 11.4 Å². The number of aromatic nitrogens is 1. The molecule has 1 amide bonds. The fourth-order valence-corrected chi connectivity index (χ4v) is 6.31. The zero-order chi connectivity index (χ0) is 26.3. The first-order valence-electron chi connectivity index (χ1n) is 12.4. The van der Waals surface area contributed by atoms with Gasteiger partial charge in [-0.25, -0.2) is 4.98 Å². The van der Waals surface area contributed by atoms with Gasteiger partial charge in [-0.2, -0.15) is 0 Å². The standard InChI is InChI=1S/C25H34Cl2N2O6S/c1-13-22(32)14(2)34-8-7-25(27)20(35-25)10-18(17(26)9-16-12-36-15(3)28-16)29-21(31)11-19(30)24(23(13)33)5-4-6-24/h9,12-14,18-20,22,30,32H,4-8,10-11H2,1-3H3,(H,29,31)/t13-,14+,18+,19+,20-,22+,25+/m1/s1. The van der Waals surface area contributed by atoms with Gasteiger partial charge in [-0.3, -0.25) is 9.59 Å². The highest BCUT2D eigenvalue weighted by atomic mass is 35.5. The smallest absolute Gasteiger partial charge is 0.223 e. The summed E-state index contributed by atoms with van der Waals surface area (Å²) in [7, 11) is 0. The van der Waals surface area contributed by atoms with Gasteiger partial charge in [0.25, 0.3) is 0 Å². The van der Waals surface area contributed by atoms with Crippen LogP contribution in [0, 0.1) is 18.3 Å². The first-order chi connectivity index (χ1) is 16.9. The van der Waals surface area contributed by atoms with E-state index in [0.29, 0.717) is 36.4 Å². The van der Waals surface area contributed by atoms with Crippen molar-refractivity contribution in [2.24, 2.45) is 11.3 Å². The van der Waals surface area contributed by atoms with Gasteiger partial charge in [0.2, 0.25) is 5.91 Å². The van der Waals surface area contributed by atoms with Crippen molar-refractivity contribution in [3.63, 3.8) is 0 Å². The van der Waals surface area contributed by atoms with Crippen LogP contribution >= 0.6 is 34.5 Å². The van der Waals surface area contributed by atoms with Crippen molar-refractivity contribution in [2.75, 3.05) is 6.61 Å². The molecule has 0 bridgehead atoms. The highest BCUT2D eigenvalue weighted by Crippen LogP contribution is 2.49. The summed E-state index contributed by atoms with van der Waals surface area (Å²) in [6.07, 6.45) is 0.665. The highest BCUT2D eigenvalue weighted by molar-refractivity contribution is 7.09. The molecule has 4 rings (SSSR count). The maximum atomic E-state index is 13.4. The number of alkyl halides is 1. The van der Waals surface area contributed by atoms with Gasteiger partial charge < -0.3 is 25.0 Å². The number of nitrogens with one attached hydrogen (secondary N) is 1. The molecule has 0 aromatic carbocycles. The molecule has 3 aliphatic rings. The van der Waals surface area contributed by atoms with Crippen molar-refractivity contribution in [3.05, 3.63) is 21.1 Å². The molecule has 7 atom stereocenters. The van der Waals surface area contributed by atoms with Gasteiger partial charge in [-0.15, -0.1) is 11.3 Å². The van der Waals surface area contributed by atoms with Crippen LogP contribution in [0.5, 0.6) is 0 Å². The Balaban J connectivity index is 1.58. The molecule has 36 heavy (non-hydrogen) atoms. The molecule has 1 spiro atoms. The number of aryl methyl sites for hydroxylation is 1. The van der Waals surface area contributed by atoms with Crippen molar-refractivity contribution in [2.45, 2.75) is 94.8 Å². The predicted octanol–water partition coefficient (Wildman–Crippen LogP) is 3.54. The van der Waals surface area contributed by atoms with Gasteiger partial charge in [-0.05, 0) is 32.8 Å². The van der Waals surface area contributed by atoms with Crippen LogP contribution in [0.2, 0.25) is 0 Å². The number of hydrogen-bond donors (Lipinski definition) is 3. The average molecular weight is 562 g/mol. The molecule has 0 radical (unpaired) electrons. The van der Waals surface area contributed by atoms with Crippen molar-refractivity contribution < 1.29 is 29.3 Å². The van der Waals surface area contributed by atoms with E-state index in [9.17, 15) is 19.8 Å². The number of ether oxygens (including phenoxy) is 2. The van der Waals surface area contributed by atoms with Crippen molar-refractivity contribution in [3.8, 4) is 0 Å². The van der Waals surface area contributed by atoms with E-state index >= 15 is 0 Å². The Labute approximate surface area is 225 Å². The van der Waals surface area contributed by atoms with E-state index in [1.54, 1.807) is 19.9 Å². The minimum atomic E-state index is -1.17. The maximum Gasteiger partial charge on any atom is 0.223 e. The van der Waals surface area contributed by atoms with E-state index in [2.05, 4.69) is 10.3 Å². The van der Waals surface area contributed by atoms with Gasteiger partial charge in [-0.1, -0.05) is 36.5 Å². The topological polar surface area (TPSA) is 121 Å². The number of carbonyl (C=O) groups is 2. The second-order valence-electron chi connectivity index (χ2n) is 10.3. The Hall–Kier alpha value is -1.07. The number of amides is 1. The maximum absolute atomic E-state index is 13.4. The number of nitrogens with zero attached hydrogens (tertiary/aromatic N) is 1. The van der Waals surface area contributed by atoms with Crippen molar-refractivity contribution in [1.82, 2.24) is 10.3 Å². The molecule has 3 heterocycles. The summed E-state index contributed by atoms with van der Waals surface area (Å²) in [5, 5.41) is 26.9. The minimum Gasteiger partial charge on any atom is -0.392 e. The van der Waals surface area contributed by atoms with Crippen LogP contribution in [-0.4, -0.2) is 69.0 Å². The third-order valence-electron chi connectivity index (χ3n) is 7.79. The van der Waals surface area contributed by atoms with E-state index in [1.807, 2.05) is 12.3 Å². The fourth-order valence-electron chi connectivity index (χ4n) is 5.21. The first-order valence-corrected chi connectivity index (χ1v) is 14.1. The number of carbonyl (C=O) groups excluding carboxylic acids is 2. The molecule has 2 aliphatic heterocycles. The Morgan fingerprint density at radius 1 is 1.28 bits per heavy atom. The second kappa shape index (κ2) is 11.0. The third kappa shape index (κ3) is 5.82. The SMILES string of the molecule is Cc1nc(C=C(Cl)[C@@H]2C[C@H]3O[C@@]3(Cl)CCO[C@@H](C)[C@@H](O)[C@@H](C)C(=O)C3(CCC3)[C@@H](O)CC(=O)N2)cs1. The molecule has 3 N–H and O–H groups in total. The van der Waals surface area contributed by atoms with Gasteiger partial charge >= 0.3 is 0 Å². The van der Waals surface area contributed by atoms with E-state index in [1.165, 1.54) is 11.3 Å². The Kier molecular flexibility index (Phi) is 8.51. The lowest BCUT2D eigenvalue weighted by Gasteiger charge is -2.46. The van der Waals surface area contributed by atoms with E-state index in [-0.39, 0.29) is 24.9 Å². The lowest BCUT2D eigenvalue weighted by Crippen LogP contribution is -2.54. The van der Waals surface area contributed by atoms with Crippen molar-refractivity contribution >= 4 is 52.3 Å². The highest BCUT2D eigenvalue weighted by Gasteiger charge is 2.56. The van der Waals surface area contributed by atoms with Crippen LogP contribution in [-0.2, 0) is 19.1 Å². The molecule has 8 nitrogen and oxygen atoms in total. The van der Waals surface area contributed by atoms with E-state index < -0.39 is 46.7 Å². The Morgan fingerprint density at radius 3 is 2.61 bits per heavy atom. The summed E-state index contributed by atoms with van der Waals surface area (Å²) in [4.78, 5) is 30.9. The summed E-state index contributed by atoms with van der Waals surface area (Å²) >= 11 is 14.8. The van der Waals surface area contributed by atoms with Crippen LogP contribution in [0.3, 0.4) is 0 Å². The lowest BCUT2D eigenvalue weighted by molar-refractivity contribution is -0.157. The monoisotopic (exact) mass is 560 g/mol. The third-order valence-corrected chi connectivity index (χ3v) is 9.47. The summed E-state index contributed by atoms with van der Waals surface area (Å²) in [6, 6.07) is -0.611. The van der Waals surface area contributed by atoms with Crippen LogP contribution in [0.1, 0.15) is 63.1 Å². The number of ketones is 1. The molecule has 3 fully saturated rings. The lowest BCUT2D eigenvalue weighted by atomic mass is 9.59. The normalized spacial score (nSPS) is 38.2. The summed E-state index contributed by atoms with van der Waals surface area (Å²) in [5.41, 5.74) is -0.362. The Bertz CT molecular complexity index is 1010.